The van der Waals surface area contributed by atoms with E-state index in [4.69, 9.17) is 9.47 Å². The molecule has 0 atom stereocenters. The zero-order chi connectivity index (χ0) is 26.0. The number of methoxy groups -OCH3 is 1. The number of amides is 1. The predicted molar refractivity (Wildman–Crippen MR) is 145 cm³/mol. The van der Waals surface area contributed by atoms with Crippen LogP contribution in [0.4, 0.5) is 5.69 Å². The predicted octanol–water partition coefficient (Wildman–Crippen LogP) is 4.76. The van der Waals surface area contributed by atoms with Crippen molar-refractivity contribution >= 4 is 33.4 Å². The van der Waals surface area contributed by atoms with Gasteiger partial charge in [0, 0.05) is 11.4 Å². The number of hydrogen-bond donors (Lipinski definition) is 1. The lowest BCUT2D eigenvalue weighted by atomic mass is 10.1. The lowest BCUT2D eigenvalue weighted by Gasteiger charge is -2.24. The molecule has 0 bridgehead atoms. The first-order valence-corrected chi connectivity index (χ1v) is 14.3. The van der Waals surface area contributed by atoms with Crippen LogP contribution in [0, 0.1) is 0 Å². The molecule has 0 spiro atoms. The Labute approximate surface area is 217 Å². The van der Waals surface area contributed by atoms with Gasteiger partial charge in [0.05, 0.1) is 24.3 Å². The summed E-state index contributed by atoms with van der Waals surface area (Å²) in [4.78, 5) is 13.9. The maximum atomic E-state index is 13.5. The minimum Gasteiger partial charge on any atom is -0.497 e. The Morgan fingerprint density at radius 3 is 2.17 bits per heavy atom. The molecule has 0 radical (unpaired) electrons. The van der Waals surface area contributed by atoms with E-state index in [1.807, 2.05) is 37.4 Å². The monoisotopic (exact) mass is 528 g/mol. The van der Waals surface area contributed by atoms with Crippen molar-refractivity contribution in [1.29, 1.82) is 0 Å². The summed E-state index contributed by atoms with van der Waals surface area (Å²) in [6.45, 7) is 2.48. The van der Waals surface area contributed by atoms with Gasteiger partial charge in [-0.2, -0.15) is 0 Å². The Morgan fingerprint density at radius 1 is 0.944 bits per heavy atom. The third-order valence-electron chi connectivity index (χ3n) is 5.49. The van der Waals surface area contributed by atoms with Gasteiger partial charge < -0.3 is 14.8 Å². The van der Waals surface area contributed by atoms with Crippen molar-refractivity contribution < 1.29 is 22.7 Å². The zero-order valence-electron chi connectivity index (χ0n) is 20.8. The number of ether oxygens (including phenoxy) is 2. The molecule has 0 heterocycles. The Hall–Kier alpha value is -3.17. The fourth-order valence-electron chi connectivity index (χ4n) is 3.56. The van der Waals surface area contributed by atoms with Gasteiger partial charge >= 0.3 is 0 Å². The van der Waals surface area contributed by atoms with Gasteiger partial charge in [-0.15, -0.1) is 11.8 Å². The minimum absolute atomic E-state index is 0.126. The number of carbonyl (C=O) groups excluding carboxylic acids is 1. The summed E-state index contributed by atoms with van der Waals surface area (Å²) in [6.07, 6.45) is 3.44. The molecule has 0 aliphatic heterocycles. The van der Waals surface area contributed by atoms with Crippen LogP contribution in [0.1, 0.15) is 18.9 Å². The van der Waals surface area contributed by atoms with Crippen molar-refractivity contribution in [3.05, 3.63) is 78.4 Å². The van der Waals surface area contributed by atoms with Gasteiger partial charge in [0.15, 0.2) is 0 Å². The van der Waals surface area contributed by atoms with Crippen LogP contribution in [-0.4, -0.2) is 47.4 Å². The van der Waals surface area contributed by atoms with Gasteiger partial charge in [0.2, 0.25) is 5.91 Å². The van der Waals surface area contributed by atoms with E-state index in [-0.39, 0.29) is 17.3 Å². The van der Waals surface area contributed by atoms with E-state index in [9.17, 15) is 13.2 Å². The highest BCUT2D eigenvalue weighted by Crippen LogP contribution is 2.27. The molecular formula is C27H32N2O5S2. The van der Waals surface area contributed by atoms with Crippen LogP contribution in [0.3, 0.4) is 0 Å². The second kappa shape index (κ2) is 13.2. The van der Waals surface area contributed by atoms with Crippen LogP contribution in [0.15, 0.2) is 82.6 Å². The standard InChI is InChI=1S/C27H32N2O5S2/c1-4-34-24-13-9-22(10-14-24)29(36(31,32)26-17-15-25(35-3)16-18-26)20-27(30)28-19-5-6-21-7-11-23(33-2)12-8-21/h7-18H,4-6,19-20H2,1-3H3,(H,28,30). The first-order valence-electron chi connectivity index (χ1n) is 11.7. The van der Waals surface area contributed by atoms with Gasteiger partial charge in [-0.1, -0.05) is 12.1 Å². The second-order valence-corrected chi connectivity index (χ2v) is 10.7. The molecule has 3 aromatic carbocycles. The quantitative estimate of drug-likeness (QED) is 0.254. The van der Waals surface area contributed by atoms with Gasteiger partial charge in [-0.25, -0.2) is 8.42 Å². The van der Waals surface area contributed by atoms with Crippen molar-refractivity contribution in [2.75, 3.05) is 37.4 Å². The average molecular weight is 529 g/mol. The maximum absolute atomic E-state index is 13.5. The average Bonchev–Trinajstić information content (AvgIpc) is 2.91. The Morgan fingerprint density at radius 2 is 1.58 bits per heavy atom. The van der Waals surface area contributed by atoms with E-state index < -0.39 is 10.0 Å². The van der Waals surface area contributed by atoms with Crippen molar-refractivity contribution in [2.24, 2.45) is 0 Å². The number of thioether (sulfide) groups is 1. The Kier molecular flexibility index (Phi) is 10.1. The van der Waals surface area contributed by atoms with Gasteiger partial charge in [-0.3, -0.25) is 9.10 Å². The molecule has 0 aliphatic carbocycles. The van der Waals surface area contributed by atoms with Crippen molar-refractivity contribution in [3.8, 4) is 11.5 Å². The normalized spacial score (nSPS) is 11.1. The molecule has 0 aromatic heterocycles. The van der Waals surface area contributed by atoms with Crippen molar-refractivity contribution in [3.63, 3.8) is 0 Å². The van der Waals surface area contributed by atoms with Crippen LogP contribution in [0.25, 0.3) is 0 Å². The highest BCUT2D eigenvalue weighted by atomic mass is 32.2. The fraction of sp³-hybridized carbons (Fsp3) is 0.296. The number of nitrogens with one attached hydrogen (secondary N) is 1. The van der Waals surface area contributed by atoms with Crippen LogP contribution in [0.2, 0.25) is 0 Å². The molecule has 0 saturated heterocycles. The van der Waals surface area contributed by atoms with Crippen LogP contribution >= 0.6 is 11.8 Å². The number of carbonyl (C=O) groups is 1. The molecule has 0 aliphatic rings. The lowest BCUT2D eigenvalue weighted by molar-refractivity contribution is -0.119. The molecule has 3 rings (SSSR count). The highest BCUT2D eigenvalue weighted by Gasteiger charge is 2.27. The topological polar surface area (TPSA) is 84.9 Å². The molecule has 9 heteroatoms. The number of rotatable bonds is 13. The summed E-state index contributed by atoms with van der Waals surface area (Å²) in [5, 5.41) is 2.85. The largest absolute Gasteiger partial charge is 0.497 e. The molecule has 0 unspecified atom stereocenters. The minimum atomic E-state index is -3.97. The number of anilines is 1. The molecule has 192 valence electrons. The van der Waals surface area contributed by atoms with Crippen molar-refractivity contribution in [2.45, 2.75) is 29.6 Å². The van der Waals surface area contributed by atoms with E-state index in [2.05, 4.69) is 5.32 Å². The van der Waals surface area contributed by atoms with Crippen LogP contribution < -0.4 is 19.1 Å². The summed E-state index contributed by atoms with van der Waals surface area (Å²) in [5.74, 6) is 1.06. The zero-order valence-corrected chi connectivity index (χ0v) is 22.4. The molecule has 0 fully saturated rings. The molecule has 0 saturated carbocycles. The smallest absolute Gasteiger partial charge is 0.264 e. The second-order valence-electron chi connectivity index (χ2n) is 7.92. The maximum Gasteiger partial charge on any atom is 0.264 e. The number of nitrogens with zero attached hydrogens (tertiary/aromatic N) is 1. The van der Waals surface area contributed by atoms with Crippen molar-refractivity contribution in [1.82, 2.24) is 5.32 Å². The molecule has 1 amide bonds. The number of sulfonamides is 1. The van der Waals surface area contributed by atoms with E-state index in [1.54, 1.807) is 55.6 Å². The molecule has 7 nitrogen and oxygen atoms in total. The number of aryl methyl sites for hydroxylation is 1. The fourth-order valence-corrected chi connectivity index (χ4v) is 5.39. The summed E-state index contributed by atoms with van der Waals surface area (Å²) in [7, 11) is -2.34. The van der Waals surface area contributed by atoms with E-state index in [0.717, 1.165) is 33.4 Å². The molecule has 3 aromatic rings. The summed E-state index contributed by atoms with van der Waals surface area (Å²) in [5.41, 5.74) is 1.53. The third kappa shape index (κ3) is 7.41. The van der Waals surface area contributed by atoms with Gasteiger partial charge in [0.25, 0.3) is 10.0 Å². The Bertz CT molecular complexity index is 1210. The molecular weight excluding hydrogens is 496 g/mol. The van der Waals surface area contributed by atoms with Gasteiger partial charge in [-0.05, 0) is 92.2 Å². The number of hydrogen-bond acceptors (Lipinski definition) is 6. The van der Waals surface area contributed by atoms with Crippen LogP contribution in [-0.2, 0) is 21.2 Å². The van der Waals surface area contributed by atoms with E-state index in [1.165, 1.54) is 11.8 Å². The summed E-state index contributed by atoms with van der Waals surface area (Å²) >= 11 is 1.53. The lowest BCUT2D eigenvalue weighted by Crippen LogP contribution is -2.41. The Balaban J connectivity index is 1.70. The van der Waals surface area contributed by atoms with Gasteiger partial charge in [0.1, 0.15) is 18.0 Å². The van der Waals surface area contributed by atoms with Crippen LogP contribution in [0.5, 0.6) is 11.5 Å². The third-order valence-corrected chi connectivity index (χ3v) is 8.03. The van der Waals surface area contributed by atoms with E-state index in [0.29, 0.717) is 24.6 Å². The molecule has 36 heavy (non-hydrogen) atoms. The van der Waals surface area contributed by atoms with E-state index >= 15 is 0 Å². The first kappa shape index (κ1) is 27.4. The number of benzene rings is 3. The first-order chi connectivity index (χ1) is 17.4. The SMILES string of the molecule is CCOc1ccc(N(CC(=O)NCCCc2ccc(OC)cc2)S(=O)(=O)c2ccc(SC)cc2)cc1. The summed E-state index contributed by atoms with van der Waals surface area (Å²) < 4.78 is 38.9. The molecule has 1 N–H and O–H groups in total. The highest BCUT2D eigenvalue weighted by molar-refractivity contribution is 7.98. The summed E-state index contributed by atoms with van der Waals surface area (Å²) in [6, 6.07) is 21.1.